The van der Waals surface area contributed by atoms with Gasteiger partial charge in [0.1, 0.15) is 6.67 Å². The maximum absolute atomic E-state index is 4.20. The smallest absolute Gasteiger partial charge is 0.147 e. The number of nitrogens with zero attached hydrogens (tertiary/aromatic N) is 2. The van der Waals surface area contributed by atoms with Crippen LogP contribution >= 0.6 is 0 Å². The molecule has 39 heavy (non-hydrogen) atoms. The summed E-state index contributed by atoms with van der Waals surface area (Å²) in [5.74, 6) is 6.01. The van der Waals surface area contributed by atoms with Crippen LogP contribution in [-0.4, -0.2) is 22.9 Å². The Balaban J connectivity index is 1.09. The molecule has 0 unspecified atom stereocenters. The third kappa shape index (κ3) is 4.10. The molecule has 0 amide bonds. The Morgan fingerprint density at radius 3 is 1.10 bits per heavy atom. The van der Waals surface area contributed by atoms with Crippen LogP contribution in [0, 0.1) is 53.0 Å². The van der Waals surface area contributed by atoms with Crippen molar-refractivity contribution in [1.82, 2.24) is 9.80 Å². The topological polar surface area (TPSA) is 6.48 Å². The SMILES string of the molecule is [C]1N(CC23CC4CC(CC(C4)C2)C3)[C@@H](c2ccccc2)[C@H](c2ccccc2)N1CC12CC3CC(CC(C3)C1)C2. The molecule has 0 spiro atoms. The summed E-state index contributed by atoms with van der Waals surface area (Å²) in [4.78, 5) is 5.53. The van der Waals surface area contributed by atoms with Crippen molar-refractivity contribution in [3.05, 3.63) is 78.5 Å². The largest absolute Gasteiger partial charge is 0.270 e. The minimum Gasteiger partial charge on any atom is -0.270 e. The molecule has 2 nitrogen and oxygen atoms in total. The van der Waals surface area contributed by atoms with Crippen LogP contribution in [0.1, 0.15) is 100 Å². The van der Waals surface area contributed by atoms with Crippen molar-refractivity contribution in [3.8, 4) is 0 Å². The Morgan fingerprint density at radius 2 is 0.795 bits per heavy atom. The summed E-state index contributed by atoms with van der Waals surface area (Å²) in [6, 6.07) is 23.8. The van der Waals surface area contributed by atoms with Crippen molar-refractivity contribution in [2.75, 3.05) is 13.1 Å². The molecule has 9 fully saturated rings. The first-order chi connectivity index (χ1) is 19.1. The monoisotopic (exact) mass is 518 g/mol. The van der Waals surface area contributed by atoms with E-state index in [1.165, 1.54) is 101 Å². The summed E-state index contributed by atoms with van der Waals surface area (Å²) in [6.07, 6.45) is 18.0. The second-order valence-corrected chi connectivity index (χ2v) is 15.9. The molecule has 2 aromatic carbocycles. The first-order valence-corrected chi connectivity index (χ1v) is 16.5. The van der Waals surface area contributed by atoms with E-state index < -0.39 is 0 Å². The van der Waals surface area contributed by atoms with Crippen LogP contribution in [0.15, 0.2) is 60.7 Å². The first kappa shape index (κ1) is 24.0. The van der Waals surface area contributed by atoms with Crippen molar-refractivity contribution in [3.63, 3.8) is 0 Å². The maximum atomic E-state index is 4.20. The van der Waals surface area contributed by atoms with Crippen LogP contribution in [-0.2, 0) is 0 Å². The lowest BCUT2D eigenvalue weighted by Gasteiger charge is -2.58. The van der Waals surface area contributed by atoms with Gasteiger partial charge in [-0.3, -0.25) is 9.80 Å². The summed E-state index contributed by atoms with van der Waals surface area (Å²) < 4.78 is 0. The van der Waals surface area contributed by atoms with Gasteiger partial charge in [0.05, 0.1) is 12.1 Å². The minimum absolute atomic E-state index is 0.357. The highest BCUT2D eigenvalue weighted by Gasteiger charge is 2.56. The molecule has 204 valence electrons. The van der Waals surface area contributed by atoms with E-state index in [-0.39, 0.29) is 0 Å². The molecule has 9 aliphatic rings. The van der Waals surface area contributed by atoms with Crippen molar-refractivity contribution in [2.45, 2.75) is 89.1 Å². The van der Waals surface area contributed by atoms with Crippen LogP contribution < -0.4 is 0 Å². The highest BCUT2D eigenvalue weighted by molar-refractivity contribution is 5.31. The zero-order valence-electron chi connectivity index (χ0n) is 23.7. The maximum Gasteiger partial charge on any atom is 0.147 e. The number of hydrogen-bond acceptors (Lipinski definition) is 2. The van der Waals surface area contributed by atoms with E-state index in [4.69, 9.17) is 0 Å². The van der Waals surface area contributed by atoms with Crippen molar-refractivity contribution in [2.24, 2.45) is 46.3 Å². The van der Waals surface area contributed by atoms with E-state index in [0.29, 0.717) is 22.9 Å². The Morgan fingerprint density at radius 1 is 0.487 bits per heavy atom. The fraction of sp³-hybridized carbons (Fsp3) is 0.649. The molecule has 1 aliphatic heterocycles. The summed E-state index contributed by atoms with van der Waals surface area (Å²) in [5, 5.41) is 0. The molecular weight excluding hydrogens is 472 g/mol. The van der Waals surface area contributed by atoms with E-state index in [0.717, 1.165) is 35.5 Å². The van der Waals surface area contributed by atoms with E-state index in [2.05, 4.69) is 77.1 Å². The zero-order valence-corrected chi connectivity index (χ0v) is 23.7. The van der Waals surface area contributed by atoms with E-state index in [9.17, 15) is 0 Å². The molecule has 2 radical (unpaired) electrons. The summed E-state index contributed by atoms with van der Waals surface area (Å²) >= 11 is 0. The fourth-order valence-electron chi connectivity index (χ4n) is 12.6. The second kappa shape index (κ2) is 8.93. The highest BCUT2D eigenvalue weighted by Crippen LogP contribution is 2.63. The molecule has 0 aromatic heterocycles. The van der Waals surface area contributed by atoms with Gasteiger partial charge in [-0.25, -0.2) is 0 Å². The van der Waals surface area contributed by atoms with Gasteiger partial charge in [0, 0.05) is 13.1 Å². The lowest BCUT2D eigenvalue weighted by Crippen LogP contribution is -2.51. The molecule has 0 N–H and O–H groups in total. The summed E-state index contributed by atoms with van der Waals surface area (Å²) in [5.41, 5.74) is 4.01. The van der Waals surface area contributed by atoms with Crippen molar-refractivity contribution >= 4 is 0 Å². The van der Waals surface area contributed by atoms with Crippen LogP contribution in [0.2, 0.25) is 0 Å². The van der Waals surface area contributed by atoms with Gasteiger partial charge in [-0.2, -0.15) is 0 Å². The van der Waals surface area contributed by atoms with E-state index in [1.54, 1.807) is 0 Å². The standard InChI is InChI=1S/C37H46N2/c1-3-7-32(8-4-1)34-35(33-9-5-2-6-10-33)39(24-37-20-29-14-30(21-37)16-31(15-29)22-37)25-38(34)23-36-17-26-11-27(18-36)13-28(12-26)19-36/h1-10,26-31,34-35H,11-24H2/t26?,27?,28?,29?,30?,31?,34-,35-,36?,37?/m0/s1. The van der Waals surface area contributed by atoms with E-state index in [1.807, 2.05) is 0 Å². The normalized spacial score (nSPS) is 46.4. The Kier molecular flexibility index (Phi) is 5.50. The van der Waals surface area contributed by atoms with Crippen LogP contribution in [0.5, 0.6) is 0 Å². The van der Waals surface area contributed by atoms with Crippen molar-refractivity contribution in [1.29, 1.82) is 0 Å². The second-order valence-electron chi connectivity index (χ2n) is 15.9. The third-order valence-corrected chi connectivity index (χ3v) is 12.9. The van der Waals surface area contributed by atoms with Crippen LogP contribution in [0.25, 0.3) is 0 Å². The quantitative estimate of drug-likeness (QED) is 0.378. The average Bonchev–Trinajstić information content (AvgIpc) is 3.24. The van der Waals surface area contributed by atoms with Gasteiger partial charge in [-0.15, -0.1) is 0 Å². The molecule has 1 saturated heterocycles. The Labute approximate surface area is 236 Å². The van der Waals surface area contributed by atoms with Crippen LogP contribution in [0.3, 0.4) is 0 Å². The highest BCUT2D eigenvalue weighted by atomic mass is 15.4. The van der Waals surface area contributed by atoms with Gasteiger partial charge in [-0.1, -0.05) is 60.7 Å². The number of hydrogen-bond donors (Lipinski definition) is 0. The molecule has 8 saturated carbocycles. The molecule has 8 bridgehead atoms. The third-order valence-electron chi connectivity index (χ3n) is 12.9. The van der Waals surface area contributed by atoms with Gasteiger partial charge in [0.2, 0.25) is 0 Å². The summed E-state index contributed by atoms with van der Waals surface area (Å²) in [7, 11) is 0. The lowest BCUT2D eigenvalue weighted by molar-refractivity contribution is -0.0719. The molecule has 2 aromatic rings. The molecule has 2 heteroatoms. The number of rotatable bonds is 6. The summed E-state index contributed by atoms with van der Waals surface area (Å²) in [6.45, 7) is 6.64. The van der Waals surface area contributed by atoms with Gasteiger partial charge >= 0.3 is 0 Å². The van der Waals surface area contributed by atoms with Gasteiger partial charge in [0.25, 0.3) is 0 Å². The van der Waals surface area contributed by atoms with Crippen molar-refractivity contribution < 1.29 is 0 Å². The van der Waals surface area contributed by atoms with Gasteiger partial charge in [-0.05, 0) is 135 Å². The lowest BCUT2D eigenvalue weighted by atomic mass is 9.49. The Hall–Kier alpha value is -1.64. The number of benzene rings is 2. The fourth-order valence-corrected chi connectivity index (χ4v) is 12.6. The minimum atomic E-state index is 0.357. The average molecular weight is 519 g/mol. The van der Waals surface area contributed by atoms with Crippen LogP contribution in [0.4, 0.5) is 0 Å². The predicted molar refractivity (Wildman–Crippen MR) is 156 cm³/mol. The predicted octanol–water partition coefficient (Wildman–Crippen LogP) is 8.52. The molecule has 1 heterocycles. The zero-order chi connectivity index (χ0) is 25.6. The molecular formula is C37H46N2. The Bertz CT molecular complexity index is 1020. The molecule has 2 atom stereocenters. The van der Waals surface area contributed by atoms with Gasteiger partial charge < -0.3 is 0 Å². The van der Waals surface area contributed by atoms with E-state index >= 15 is 0 Å². The first-order valence-electron chi connectivity index (χ1n) is 16.5. The molecule has 8 aliphatic carbocycles. The molecule has 11 rings (SSSR count). The van der Waals surface area contributed by atoms with Gasteiger partial charge in [0.15, 0.2) is 0 Å².